The number of carbonyl (C=O) groups is 3. The van der Waals surface area contributed by atoms with Gasteiger partial charge in [0.15, 0.2) is 0 Å². The van der Waals surface area contributed by atoms with Gasteiger partial charge in [-0.25, -0.2) is 9.59 Å². The minimum absolute atomic E-state index is 0.0418. The molecule has 8 nitrogen and oxygen atoms in total. The predicted octanol–water partition coefficient (Wildman–Crippen LogP) is 7.65. The lowest BCUT2D eigenvalue weighted by atomic mass is 9.84. The summed E-state index contributed by atoms with van der Waals surface area (Å²) in [6.45, 7) is 5.67. The summed E-state index contributed by atoms with van der Waals surface area (Å²) in [6, 6.07) is 8.73. The van der Waals surface area contributed by atoms with E-state index in [0.29, 0.717) is 29.0 Å². The number of rotatable bonds is 8. The van der Waals surface area contributed by atoms with Crippen LogP contribution in [-0.4, -0.2) is 35.4 Å². The van der Waals surface area contributed by atoms with Crippen LogP contribution in [0.25, 0.3) is 10.4 Å². The van der Waals surface area contributed by atoms with Crippen molar-refractivity contribution in [3.05, 3.63) is 64.7 Å². The van der Waals surface area contributed by atoms with E-state index in [9.17, 15) is 32.7 Å². The number of amides is 3. The summed E-state index contributed by atoms with van der Waals surface area (Å²) in [6.07, 6.45) is -0.700. The number of urea groups is 1. The topological polar surface area (TPSA) is 117 Å². The third-order valence-electron chi connectivity index (χ3n) is 7.17. The van der Waals surface area contributed by atoms with Gasteiger partial charge in [-0.05, 0) is 86.6 Å². The number of thiophene rings is 1. The number of anilines is 2. The minimum Gasteiger partial charge on any atom is -0.480 e. The van der Waals surface area contributed by atoms with Crippen molar-refractivity contribution in [2.75, 3.05) is 10.6 Å². The fourth-order valence-electron chi connectivity index (χ4n) is 5.31. The Morgan fingerprint density at radius 2 is 1.57 bits per heavy atom. The molecule has 0 aliphatic heterocycles. The quantitative estimate of drug-likeness (QED) is 0.211. The third kappa shape index (κ3) is 7.81. The second kappa shape index (κ2) is 12.8. The zero-order chi connectivity index (χ0) is 30.6. The van der Waals surface area contributed by atoms with Crippen molar-refractivity contribution in [1.29, 1.82) is 0 Å². The first-order valence-electron chi connectivity index (χ1n) is 13.5. The fourth-order valence-corrected chi connectivity index (χ4v) is 6.36. The zero-order valence-electron chi connectivity index (χ0n) is 23.4. The molecule has 2 aromatic carbocycles. The number of ether oxygens (including phenoxy) is 1. The first-order chi connectivity index (χ1) is 19.8. The van der Waals surface area contributed by atoms with Gasteiger partial charge in [-0.3, -0.25) is 10.1 Å². The van der Waals surface area contributed by atoms with Gasteiger partial charge < -0.3 is 20.5 Å². The van der Waals surface area contributed by atoms with Gasteiger partial charge >= 0.3 is 18.4 Å². The van der Waals surface area contributed by atoms with Gasteiger partial charge in [0, 0.05) is 10.6 Å². The van der Waals surface area contributed by atoms with E-state index >= 15 is 0 Å². The van der Waals surface area contributed by atoms with Crippen molar-refractivity contribution < 1.29 is 37.4 Å². The molecule has 1 aromatic heterocycles. The maximum absolute atomic E-state index is 13.5. The molecule has 0 bridgehead atoms. The van der Waals surface area contributed by atoms with E-state index < -0.39 is 36.1 Å². The van der Waals surface area contributed by atoms with Crippen molar-refractivity contribution in [3.8, 4) is 16.2 Å². The van der Waals surface area contributed by atoms with E-state index in [1.165, 1.54) is 18.2 Å². The van der Waals surface area contributed by atoms with E-state index in [4.69, 9.17) is 0 Å². The molecule has 1 atom stereocenters. The molecule has 0 unspecified atom stereocenters. The molecule has 4 rings (SSSR count). The zero-order valence-corrected chi connectivity index (χ0v) is 24.2. The molecule has 224 valence electrons. The third-order valence-corrected chi connectivity index (χ3v) is 8.27. The van der Waals surface area contributed by atoms with Gasteiger partial charge in [0.25, 0.3) is 5.91 Å². The summed E-state index contributed by atoms with van der Waals surface area (Å²) in [7, 11) is 0. The largest absolute Gasteiger partial charge is 0.573 e. The van der Waals surface area contributed by atoms with Crippen LogP contribution in [0.15, 0.2) is 42.5 Å². The highest BCUT2D eigenvalue weighted by atomic mass is 32.1. The van der Waals surface area contributed by atoms with Crippen molar-refractivity contribution in [2.45, 2.75) is 65.3 Å². The fraction of sp³-hybridized carbons (Fsp3) is 0.367. The molecule has 0 saturated heterocycles. The summed E-state index contributed by atoms with van der Waals surface area (Å²) in [5.41, 5.74) is 3.88. The smallest absolute Gasteiger partial charge is 0.480 e. The summed E-state index contributed by atoms with van der Waals surface area (Å²) >= 11 is 1.04. The lowest BCUT2D eigenvalue weighted by Gasteiger charge is -2.28. The minimum atomic E-state index is -4.84. The van der Waals surface area contributed by atoms with Crippen LogP contribution in [0.2, 0.25) is 0 Å². The van der Waals surface area contributed by atoms with Crippen LogP contribution >= 0.6 is 11.3 Å². The Balaban J connectivity index is 1.63. The van der Waals surface area contributed by atoms with E-state index in [2.05, 4.69) is 20.7 Å². The number of carboxylic acid groups (broad SMARTS) is 1. The summed E-state index contributed by atoms with van der Waals surface area (Å²) in [5.74, 6) is -2.43. The van der Waals surface area contributed by atoms with Gasteiger partial charge in [-0.1, -0.05) is 37.0 Å². The second-order valence-corrected chi connectivity index (χ2v) is 11.5. The lowest BCUT2D eigenvalue weighted by molar-refractivity contribution is -0.274. The van der Waals surface area contributed by atoms with E-state index in [0.717, 1.165) is 59.4 Å². The normalized spacial score (nSPS) is 14.6. The van der Waals surface area contributed by atoms with Crippen LogP contribution < -0.4 is 20.7 Å². The molecule has 12 heteroatoms. The Morgan fingerprint density at radius 1 is 0.952 bits per heavy atom. The van der Waals surface area contributed by atoms with Crippen LogP contribution in [0.1, 0.15) is 59.2 Å². The van der Waals surface area contributed by atoms with Crippen molar-refractivity contribution in [3.63, 3.8) is 0 Å². The maximum atomic E-state index is 13.5. The Kier molecular flexibility index (Phi) is 9.45. The number of alkyl halides is 3. The number of aliphatic carboxylic acids is 1. The highest BCUT2D eigenvalue weighted by Crippen LogP contribution is 2.37. The molecule has 3 amide bonds. The Labute approximate surface area is 245 Å². The average Bonchev–Trinajstić information content (AvgIpc) is 3.32. The molecule has 0 radical (unpaired) electrons. The van der Waals surface area contributed by atoms with Crippen LogP contribution in [0.3, 0.4) is 0 Å². The van der Waals surface area contributed by atoms with Crippen molar-refractivity contribution in [1.82, 2.24) is 5.32 Å². The molecular weight excluding hydrogens is 571 g/mol. The van der Waals surface area contributed by atoms with Gasteiger partial charge in [0.05, 0.1) is 5.56 Å². The average molecular weight is 604 g/mol. The number of benzene rings is 2. The summed E-state index contributed by atoms with van der Waals surface area (Å²) in [4.78, 5) is 39.1. The van der Waals surface area contributed by atoms with Crippen molar-refractivity contribution in [2.24, 2.45) is 5.92 Å². The van der Waals surface area contributed by atoms with Crippen molar-refractivity contribution >= 4 is 39.9 Å². The Hall–Kier alpha value is -4.06. The lowest BCUT2D eigenvalue weighted by Crippen LogP contribution is -2.46. The highest BCUT2D eigenvalue weighted by molar-refractivity contribution is 7.20. The standard InChI is InChI=1S/C30H32F3N3O5S/c1-16-13-17(2)24(18(3)14-16)35-29(40)36-27-22(26(37)34-25(28(38)39)20-7-5-4-6-8-20)15-23(42-27)19-9-11-21(12-10-19)41-30(31,32)33/h9-15,20,25H,4-8H2,1-3H3,(H,34,37)(H,38,39)(H2,35,36,40)/t25-/m0/s1. The first-order valence-corrected chi connectivity index (χ1v) is 14.3. The molecule has 42 heavy (non-hydrogen) atoms. The number of hydrogen-bond donors (Lipinski definition) is 4. The number of carboxylic acids is 1. The van der Waals surface area contributed by atoms with E-state index in [1.807, 2.05) is 32.9 Å². The van der Waals surface area contributed by atoms with Crippen LogP contribution in [-0.2, 0) is 4.79 Å². The number of carbonyl (C=O) groups excluding carboxylic acids is 2. The highest BCUT2D eigenvalue weighted by Gasteiger charge is 2.33. The Bertz CT molecular complexity index is 1440. The van der Waals surface area contributed by atoms with Gasteiger partial charge in [0.2, 0.25) is 0 Å². The van der Waals surface area contributed by atoms with Gasteiger partial charge in [0.1, 0.15) is 16.8 Å². The SMILES string of the molecule is Cc1cc(C)c(NC(=O)Nc2sc(-c3ccc(OC(F)(F)F)cc3)cc2C(=O)N[C@H](C(=O)O)C2CCCCC2)c(C)c1. The number of halogens is 3. The predicted molar refractivity (Wildman–Crippen MR) is 155 cm³/mol. The van der Waals surface area contributed by atoms with E-state index in [1.54, 1.807) is 0 Å². The first kappa shape index (κ1) is 30.9. The molecular formula is C30H32F3N3O5S. The summed E-state index contributed by atoms with van der Waals surface area (Å²) < 4.78 is 41.7. The number of hydrogen-bond acceptors (Lipinski definition) is 5. The molecule has 1 aliphatic rings. The van der Waals surface area contributed by atoms with Crippen LogP contribution in [0, 0.1) is 26.7 Å². The molecule has 1 heterocycles. The Morgan fingerprint density at radius 3 is 2.14 bits per heavy atom. The van der Waals surface area contributed by atoms with Crippen LogP contribution in [0.4, 0.5) is 28.7 Å². The monoisotopic (exact) mass is 603 g/mol. The number of nitrogens with one attached hydrogen (secondary N) is 3. The van der Waals surface area contributed by atoms with E-state index in [-0.39, 0.29) is 16.5 Å². The number of aryl methyl sites for hydroxylation is 3. The second-order valence-electron chi connectivity index (χ2n) is 10.5. The molecule has 1 aliphatic carbocycles. The molecule has 3 aromatic rings. The molecule has 1 saturated carbocycles. The molecule has 0 spiro atoms. The maximum Gasteiger partial charge on any atom is 0.573 e. The molecule has 1 fully saturated rings. The summed E-state index contributed by atoms with van der Waals surface area (Å²) in [5, 5.41) is 18.2. The van der Waals surface area contributed by atoms with Gasteiger partial charge in [-0.2, -0.15) is 0 Å². The van der Waals surface area contributed by atoms with Gasteiger partial charge in [-0.15, -0.1) is 24.5 Å². The molecule has 4 N–H and O–H groups in total. The van der Waals surface area contributed by atoms with Crippen LogP contribution in [0.5, 0.6) is 5.75 Å².